The SMILES string of the molecule is O=C(O)CC1CCN(c2cc(Br)ccc2[N+](=O)[O-])CC1. The summed E-state index contributed by atoms with van der Waals surface area (Å²) in [6.45, 7) is 1.30. The van der Waals surface area contributed by atoms with Gasteiger partial charge in [-0.05, 0) is 30.9 Å². The van der Waals surface area contributed by atoms with Crippen molar-refractivity contribution in [2.75, 3.05) is 18.0 Å². The van der Waals surface area contributed by atoms with Gasteiger partial charge in [-0.1, -0.05) is 15.9 Å². The third-order valence-corrected chi connectivity index (χ3v) is 4.05. The predicted molar refractivity (Wildman–Crippen MR) is 78.0 cm³/mol. The van der Waals surface area contributed by atoms with E-state index in [-0.39, 0.29) is 22.9 Å². The second-order valence-electron chi connectivity index (χ2n) is 4.92. The minimum Gasteiger partial charge on any atom is -0.481 e. The van der Waals surface area contributed by atoms with Crippen LogP contribution in [-0.2, 0) is 4.79 Å². The van der Waals surface area contributed by atoms with E-state index in [9.17, 15) is 14.9 Å². The van der Waals surface area contributed by atoms with Crippen LogP contribution in [0.3, 0.4) is 0 Å². The van der Waals surface area contributed by atoms with Crippen LogP contribution in [0.4, 0.5) is 11.4 Å². The number of aliphatic carboxylic acids is 1. The van der Waals surface area contributed by atoms with Gasteiger partial charge in [0.25, 0.3) is 5.69 Å². The Morgan fingerprint density at radius 1 is 1.45 bits per heavy atom. The van der Waals surface area contributed by atoms with Crippen molar-refractivity contribution in [1.82, 2.24) is 0 Å². The molecular weight excluding hydrogens is 328 g/mol. The van der Waals surface area contributed by atoms with Crippen molar-refractivity contribution in [2.24, 2.45) is 5.92 Å². The monoisotopic (exact) mass is 342 g/mol. The van der Waals surface area contributed by atoms with E-state index in [2.05, 4.69) is 15.9 Å². The molecule has 1 aromatic carbocycles. The summed E-state index contributed by atoms with van der Waals surface area (Å²) in [5.41, 5.74) is 0.683. The van der Waals surface area contributed by atoms with E-state index in [1.54, 1.807) is 12.1 Å². The van der Waals surface area contributed by atoms with Crippen LogP contribution in [-0.4, -0.2) is 29.1 Å². The van der Waals surface area contributed by atoms with Gasteiger partial charge < -0.3 is 10.0 Å². The summed E-state index contributed by atoms with van der Waals surface area (Å²) in [5.74, 6) is -0.619. The lowest BCUT2D eigenvalue weighted by molar-refractivity contribution is -0.384. The molecule has 0 aliphatic carbocycles. The van der Waals surface area contributed by atoms with Gasteiger partial charge in [0.05, 0.1) is 4.92 Å². The first kappa shape index (κ1) is 14.8. The molecule has 0 bridgehead atoms. The van der Waals surface area contributed by atoms with Gasteiger partial charge in [-0.15, -0.1) is 0 Å². The number of halogens is 1. The maximum absolute atomic E-state index is 11.1. The molecule has 1 N–H and O–H groups in total. The Labute approximate surface area is 124 Å². The molecule has 0 saturated carbocycles. The summed E-state index contributed by atoms with van der Waals surface area (Å²) >= 11 is 3.33. The molecule has 6 nitrogen and oxygen atoms in total. The van der Waals surface area contributed by atoms with Crippen molar-refractivity contribution in [3.8, 4) is 0 Å². The summed E-state index contributed by atoms with van der Waals surface area (Å²) < 4.78 is 0.797. The Morgan fingerprint density at radius 2 is 2.10 bits per heavy atom. The van der Waals surface area contributed by atoms with Crippen LogP contribution in [0.15, 0.2) is 22.7 Å². The number of carboxylic acid groups (broad SMARTS) is 1. The summed E-state index contributed by atoms with van der Waals surface area (Å²) in [6.07, 6.45) is 1.67. The van der Waals surface area contributed by atoms with Crippen molar-refractivity contribution in [2.45, 2.75) is 19.3 Å². The minimum atomic E-state index is -0.781. The number of piperidine rings is 1. The van der Waals surface area contributed by atoms with Crippen molar-refractivity contribution < 1.29 is 14.8 Å². The average Bonchev–Trinajstić information content (AvgIpc) is 2.38. The van der Waals surface area contributed by atoms with E-state index in [1.807, 2.05) is 4.90 Å². The molecule has 0 unspecified atom stereocenters. The van der Waals surface area contributed by atoms with Crippen LogP contribution in [0.1, 0.15) is 19.3 Å². The maximum atomic E-state index is 11.1. The van der Waals surface area contributed by atoms with Crippen molar-refractivity contribution in [1.29, 1.82) is 0 Å². The van der Waals surface area contributed by atoms with E-state index in [4.69, 9.17) is 5.11 Å². The first-order chi connectivity index (χ1) is 9.47. The number of carbonyl (C=O) groups is 1. The second kappa shape index (κ2) is 6.21. The van der Waals surface area contributed by atoms with E-state index in [0.29, 0.717) is 18.8 Å². The Balaban J connectivity index is 2.12. The van der Waals surface area contributed by atoms with Gasteiger partial charge >= 0.3 is 5.97 Å². The maximum Gasteiger partial charge on any atom is 0.303 e. The molecule has 0 atom stereocenters. The lowest BCUT2D eigenvalue weighted by Gasteiger charge is -2.32. The quantitative estimate of drug-likeness (QED) is 0.671. The number of hydrogen-bond acceptors (Lipinski definition) is 4. The molecule has 0 amide bonds. The lowest BCUT2D eigenvalue weighted by Crippen LogP contribution is -2.34. The van der Waals surface area contributed by atoms with Crippen molar-refractivity contribution in [3.05, 3.63) is 32.8 Å². The number of nitro groups is 1. The normalized spacial score (nSPS) is 16.1. The van der Waals surface area contributed by atoms with Gasteiger partial charge in [-0.2, -0.15) is 0 Å². The highest BCUT2D eigenvalue weighted by molar-refractivity contribution is 9.10. The van der Waals surface area contributed by atoms with Gasteiger partial charge in [0.2, 0.25) is 0 Å². The molecular formula is C13H15BrN2O4. The number of rotatable bonds is 4. The molecule has 1 fully saturated rings. The topological polar surface area (TPSA) is 83.7 Å². The first-order valence-electron chi connectivity index (χ1n) is 6.38. The molecule has 0 radical (unpaired) electrons. The van der Waals surface area contributed by atoms with Crippen LogP contribution in [0.2, 0.25) is 0 Å². The zero-order chi connectivity index (χ0) is 14.7. The molecule has 2 rings (SSSR count). The number of carboxylic acids is 1. The molecule has 7 heteroatoms. The van der Waals surface area contributed by atoms with Gasteiger partial charge in [0.1, 0.15) is 5.69 Å². The van der Waals surface area contributed by atoms with Gasteiger partial charge in [-0.3, -0.25) is 14.9 Å². The molecule has 20 heavy (non-hydrogen) atoms. The Bertz CT molecular complexity index is 527. The van der Waals surface area contributed by atoms with Crippen molar-refractivity contribution >= 4 is 33.3 Å². The molecule has 1 aliphatic rings. The third-order valence-electron chi connectivity index (χ3n) is 3.55. The van der Waals surface area contributed by atoms with Gasteiger partial charge in [0.15, 0.2) is 0 Å². The van der Waals surface area contributed by atoms with Crippen LogP contribution in [0.25, 0.3) is 0 Å². The molecule has 0 spiro atoms. The largest absolute Gasteiger partial charge is 0.481 e. The number of hydrogen-bond donors (Lipinski definition) is 1. The van der Waals surface area contributed by atoms with E-state index >= 15 is 0 Å². The average molecular weight is 343 g/mol. The summed E-state index contributed by atoms with van der Waals surface area (Å²) in [4.78, 5) is 23.3. The fraction of sp³-hybridized carbons (Fsp3) is 0.462. The zero-order valence-corrected chi connectivity index (χ0v) is 12.4. The lowest BCUT2D eigenvalue weighted by atomic mass is 9.93. The van der Waals surface area contributed by atoms with E-state index in [0.717, 1.165) is 17.3 Å². The number of nitrogens with zero attached hydrogens (tertiary/aromatic N) is 2. The Hall–Kier alpha value is -1.63. The second-order valence-corrected chi connectivity index (χ2v) is 5.83. The Morgan fingerprint density at radius 3 is 2.65 bits per heavy atom. The fourth-order valence-electron chi connectivity index (χ4n) is 2.53. The third kappa shape index (κ3) is 3.47. The summed E-state index contributed by atoms with van der Waals surface area (Å²) in [5, 5.41) is 19.9. The molecule has 1 aliphatic heterocycles. The molecule has 1 aromatic rings. The highest BCUT2D eigenvalue weighted by Gasteiger charge is 2.25. The highest BCUT2D eigenvalue weighted by atomic mass is 79.9. The first-order valence-corrected chi connectivity index (χ1v) is 7.17. The van der Waals surface area contributed by atoms with Crippen LogP contribution < -0.4 is 4.90 Å². The van der Waals surface area contributed by atoms with Crippen LogP contribution in [0, 0.1) is 16.0 Å². The van der Waals surface area contributed by atoms with Crippen LogP contribution >= 0.6 is 15.9 Å². The van der Waals surface area contributed by atoms with Gasteiger partial charge in [0, 0.05) is 30.0 Å². The number of nitro benzene ring substituents is 1. The Kier molecular flexibility index (Phi) is 4.59. The van der Waals surface area contributed by atoms with Gasteiger partial charge in [-0.25, -0.2) is 0 Å². The molecule has 108 valence electrons. The number of anilines is 1. The summed E-state index contributed by atoms with van der Waals surface area (Å²) in [6, 6.07) is 4.89. The van der Waals surface area contributed by atoms with Crippen LogP contribution in [0.5, 0.6) is 0 Å². The predicted octanol–water partition coefficient (Wildman–Crippen LogP) is 3.05. The number of benzene rings is 1. The molecule has 1 heterocycles. The standard InChI is InChI=1S/C13H15BrN2O4/c14-10-1-2-11(16(19)20)12(8-10)15-5-3-9(4-6-15)7-13(17)18/h1-2,8-9H,3-7H2,(H,17,18). The molecule has 0 aromatic heterocycles. The van der Waals surface area contributed by atoms with E-state index in [1.165, 1.54) is 6.07 Å². The fourth-order valence-corrected chi connectivity index (χ4v) is 2.88. The summed E-state index contributed by atoms with van der Waals surface area (Å²) in [7, 11) is 0. The zero-order valence-electron chi connectivity index (χ0n) is 10.8. The molecule has 1 saturated heterocycles. The van der Waals surface area contributed by atoms with Crippen molar-refractivity contribution in [3.63, 3.8) is 0 Å². The minimum absolute atomic E-state index is 0.0879. The smallest absolute Gasteiger partial charge is 0.303 e. The van der Waals surface area contributed by atoms with E-state index < -0.39 is 5.97 Å². The highest BCUT2D eigenvalue weighted by Crippen LogP contribution is 2.34.